The fourth-order valence-electron chi connectivity index (χ4n) is 0.0985. The van der Waals surface area contributed by atoms with E-state index in [0.717, 1.165) is 0 Å². The molecule has 0 aromatic heterocycles. The molecular formula is C3H4BNO. The maximum atomic E-state index is 7.78. The van der Waals surface area contributed by atoms with Crippen LogP contribution in [-0.4, -0.2) is 8.05 Å². The van der Waals surface area contributed by atoms with Crippen LogP contribution in [0.1, 0.15) is 0 Å². The lowest BCUT2D eigenvalue weighted by atomic mass is 10.6. The Labute approximate surface area is 37.5 Å². The van der Waals surface area contributed by atoms with E-state index in [1.807, 2.05) is 0 Å². The summed E-state index contributed by atoms with van der Waals surface area (Å²) >= 11 is 0. The normalized spacial score (nSPS) is 7.83. The summed E-state index contributed by atoms with van der Waals surface area (Å²) in [4.78, 5) is 0. The largest absolute Gasteiger partial charge is 0.572 e. The monoisotopic (exact) mass is 81.0 g/mol. The van der Waals surface area contributed by atoms with E-state index >= 15 is 0 Å². The molecule has 0 rings (SSSR count). The second kappa shape index (κ2) is 4.09. The smallest absolute Gasteiger partial charge is 0.321 e. The van der Waals surface area contributed by atoms with E-state index in [9.17, 15) is 0 Å². The molecule has 3 heteroatoms. The average molecular weight is 80.9 g/mol. The Morgan fingerprint density at radius 3 is 2.67 bits per heavy atom. The van der Waals surface area contributed by atoms with E-state index in [-0.39, 0.29) is 0 Å². The van der Waals surface area contributed by atoms with E-state index in [0.29, 0.717) is 0 Å². The van der Waals surface area contributed by atoms with E-state index < -0.39 is 0 Å². The number of rotatable bonds is 1. The predicted molar refractivity (Wildman–Crippen MR) is 24.4 cm³/mol. The third kappa shape index (κ3) is 3.09. The van der Waals surface area contributed by atoms with Gasteiger partial charge in [0.15, 0.2) is 0 Å². The van der Waals surface area contributed by atoms with Gasteiger partial charge in [0, 0.05) is 6.08 Å². The first-order chi connectivity index (χ1) is 2.91. The molecule has 2 nitrogen and oxygen atoms in total. The maximum absolute atomic E-state index is 7.78. The zero-order valence-corrected chi connectivity index (χ0v) is 3.51. The van der Waals surface area contributed by atoms with Crippen molar-refractivity contribution in [1.82, 2.24) is 0 Å². The molecule has 0 aliphatic heterocycles. The van der Waals surface area contributed by atoms with Gasteiger partial charge in [0.2, 0.25) is 0 Å². The number of nitrogens with zero attached hydrogens (tertiary/aromatic N) is 1. The molecule has 0 spiro atoms. The first-order valence-corrected chi connectivity index (χ1v) is 1.49. The minimum atomic E-state index is 1.26. The van der Waals surface area contributed by atoms with Gasteiger partial charge in [-0.05, 0) is 0 Å². The van der Waals surface area contributed by atoms with Crippen LogP contribution in [0.2, 0.25) is 0 Å². The van der Waals surface area contributed by atoms with Crippen LogP contribution in [0.3, 0.4) is 0 Å². The quantitative estimate of drug-likeness (QED) is 0.244. The standard InChI is InChI=1S/C3H4BNO/c4-6-3-1-2-5/h1,3H,4H2/b3-1+. The van der Waals surface area contributed by atoms with Crippen LogP contribution < -0.4 is 0 Å². The molecule has 0 aromatic carbocycles. The zero-order valence-electron chi connectivity index (χ0n) is 3.51. The predicted octanol–water partition coefficient (Wildman–Crippen LogP) is -0.412. The van der Waals surface area contributed by atoms with Crippen molar-refractivity contribution < 1.29 is 4.65 Å². The summed E-state index contributed by atoms with van der Waals surface area (Å²) in [6, 6.07) is 1.76. The third-order valence-electron chi connectivity index (χ3n) is 0.279. The van der Waals surface area contributed by atoms with Gasteiger partial charge in [-0.1, -0.05) is 0 Å². The fraction of sp³-hybridized carbons (Fsp3) is 0. The van der Waals surface area contributed by atoms with Crippen molar-refractivity contribution >= 4 is 8.05 Å². The lowest BCUT2D eigenvalue weighted by Gasteiger charge is -1.76. The molecule has 0 saturated heterocycles. The van der Waals surface area contributed by atoms with Crippen LogP contribution in [0.5, 0.6) is 0 Å². The summed E-state index contributed by atoms with van der Waals surface area (Å²) in [7, 11) is 1.49. The van der Waals surface area contributed by atoms with Crippen molar-refractivity contribution in [2.24, 2.45) is 0 Å². The molecule has 0 amide bonds. The molecule has 30 valence electrons. The van der Waals surface area contributed by atoms with Crippen molar-refractivity contribution in [2.45, 2.75) is 0 Å². The van der Waals surface area contributed by atoms with Crippen LogP contribution in [0.15, 0.2) is 12.3 Å². The van der Waals surface area contributed by atoms with Gasteiger partial charge >= 0.3 is 8.05 Å². The van der Waals surface area contributed by atoms with Crippen LogP contribution in [0.25, 0.3) is 0 Å². The Hall–Kier alpha value is -0.905. The van der Waals surface area contributed by atoms with Gasteiger partial charge in [0.25, 0.3) is 0 Å². The number of allylic oxidation sites excluding steroid dienone is 1. The maximum Gasteiger partial charge on any atom is 0.321 e. The second-order valence-corrected chi connectivity index (χ2v) is 0.668. The minimum absolute atomic E-state index is 1.26. The van der Waals surface area contributed by atoms with Gasteiger partial charge in [0.1, 0.15) is 0 Å². The molecule has 0 saturated carbocycles. The Bertz CT molecular complexity index is 83.3. The van der Waals surface area contributed by atoms with Crippen LogP contribution in [0, 0.1) is 11.3 Å². The van der Waals surface area contributed by atoms with Gasteiger partial charge in [-0.2, -0.15) is 5.26 Å². The third-order valence-corrected chi connectivity index (χ3v) is 0.279. The van der Waals surface area contributed by atoms with Crippen molar-refractivity contribution in [3.8, 4) is 6.07 Å². The molecule has 0 fully saturated rings. The number of hydrogen-bond donors (Lipinski definition) is 0. The Kier molecular flexibility index (Phi) is 3.48. The second-order valence-electron chi connectivity index (χ2n) is 0.668. The van der Waals surface area contributed by atoms with Gasteiger partial charge in [-0.25, -0.2) is 0 Å². The van der Waals surface area contributed by atoms with E-state index in [2.05, 4.69) is 4.65 Å². The highest BCUT2D eigenvalue weighted by Gasteiger charge is 1.55. The molecule has 6 heavy (non-hydrogen) atoms. The fourth-order valence-corrected chi connectivity index (χ4v) is 0.0985. The first-order valence-electron chi connectivity index (χ1n) is 1.49. The van der Waals surface area contributed by atoms with Crippen molar-refractivity contribution in [3.63, 3.8) is 0 Å². The molecule has 0 unspecified atom stereocenters. The molecule has 0 aliphatic carbocycles. The molecular weight excluding hydrogens is 76.9 g/mol. The number of nitriles is 1. The summed E-state index contributed by atoms with van der Waals surface area (Å²) < 4.78 is 4.38. The molecule has 0 aromatic rings. The molecule has 0 heterocycles. The van der Waals surface area contributed by atoms with Crippen molar-refractivity contribution in [3.05, 3.63) is 12.3 Å². The molecule has 0 N–H and O–H groups in total. The molecule has 0 radical (unpaired) electrons. The van der Waals surface area contributed by atoms with Crippen LogP contribution >= 0.6 is 0 Å². The van der Waals surface area contributed by atoms with E-state index in [4.69, 9.17) is 5.26 Å². The Morgan fingerprint density at radius 1 is 1.83 bits per heavy atom. The molecule has 0 atom stereocenters. The van der Waals surface area contributed by atoms with Crippen LogP contribution in [0.4, 0.5) is 0 Å². The Morgan fingerprint density at radius 2 is 2.50 bits per heavy atom. The molecule has 0 aliphatic rings. The average Bonchev–Trinajstić information content (AvgIpc) is 1.61. The van der Waals surface area contributed by atoms with Gasteiger partial charge in [-0.15, -0.1) is 0 Å². The van der Waals surface area contributed by atoms with Crippen molar-refractivity contribution in [2.75, 3.05) is 0 Å². The van der Waals surface area contributed by atoms with Gasteiger partial charge < -0.3 is 4.65 Å². The lowest BCUT2D eigenvalue weighted by molar-refractivity contribution is 0.535. The van der Waals surface area contributed by atoms with Gasteiger partial charge in [-0.3, -0.25) is 0 Å². The Balaban J connectivity index is 3.02. The summed E-state index contributed by atoms with van der Waals surface area (Å²) in [5.74, 6) is 0. The van der Waals surface area contributed by atoms with Crippen LogP contribution in [-0.2, 0) is 4.65 Å². The van der Waals surface area contributed by atoms with E-state index in [1.54, 1.807) is 6.07 Å². The highest BCUT2D eigenvalue weighted by Crippen LogP contribution is 1.63. The summed E-state index contributed by atoms with van der Waals surface area (Å²) in [5.41, 5.74) is 0. The highest BCUT2D eigenvalue weighted by atomic mass is 16.4. The van der Waals surface area contributed by atoms with E-state index in [1.165, 1.54) is 20.4 Å². The summed E-state index contributed by atoms with van der Waals surface area (Å²) in [6.07, 6.45) is 2.58. The van der Waals surface area contributed by atoms with Gasteiger partial charge in [0.05, 0.1) is 12.3 Å². The summed E-state index contributed by atoms with van der Waals surface area (Å²) in [5, 5.41) is 7.78. The zero-order chi connectivity index (χ0) is 4.83. The SMILES string of the molecule is BO/C=C/C#N. The molecule has 0 bridgehead atoms. The lowest BCUT2D eigenvalue weighted by Crippen LogP contribution is -1.63. The topological polar surface area (TPSA) is 33.0 Å². The number of hydrogen-bond acceptors (Lipinski definition) is 2. The van der Waals surface area contributed by atoms with Crippen molar-refractivity contribution in [1.29, 1.82) is 5.26 Å². The minimum Gasteiger partial charge on any atom is -0.572 e. The summed E-state index contributed by atoms with van der Waals surface area (Å²) in [6.45, 7) is 0. The highest BCUT2D eigenvalue weighted by molar-refractivity contribution is 5.98. The first kappa shape index (κ1) is 5.09.